The van der Waals surface area contributed by atoms with E-state index in [0.717, 1.165) is 25.9 Å². The maximum absolute atomic E-state index is 12.2. The van der Waals surface area contributed by atoms with Crippen LogP contribution in [0.4, 0.5) is 0 Å². The molecule has 5 heteroatoms. The van der Waals surface area contributed by atoms with Crippen LogP contribution in [0.25, 0.3) is 0 Å². The number of rotatable bonds is 3. The van der Waals surface area contributed by atoms with Crippen LogP contribution in [0.1, 0.15) is 12.8 Å². The summed E-state index contributed by atoms with van der Waals surface area (Å²) in [6.45, 7) is 1.82. The monoisotopic (exact) mass is 273 g/mol. The van der Waals surface area contributed by atoms with E-state index in [1.165, 1.54) is 6.07 Å². The Morgan fingerprint density at radius 2 is 2.00 bits per heavy atom. The van der Waals surface area contributed by atoms with Gasteiger partial charge in [-0.05, 0) is 50.0 Å². The van der Waals surface area contributed by atoms with Gasteiger partial charge in [0.15, 0.2) is 9.84 Å². The standard InChI is InChI=1S/C12H16ClNO2S/c13-11-2-1-3-12(8-11)17(15,16)9-10-4-6-14-7-5-10/h1-3,8,10,14H,4-7,9H2. The van der Waals surface area contributed by atoms with Crippen LogP contribution >= 0.6 is 11.6 Å². The minimum absolute atomic E-state index is 0.231. The van der Waals surface area contributed by atoms with Gasteiger partial charge in [-0.2, -0.15) is 0 Å². The molecule has 94 valence electrons. The topological polar surface area (TPSA) is 46.2 Å². The molecule has 0 bridgehead atoms. The number of benzene rings is 1. The van der Waals surface area contributed by atoms with E-state index < -0.39 is 9.84 Å². The van der Waals surface area contributed by atoms with E-state index in [4.69, 9.17) is 11.6 Å². The molecule has 0 amide bonds. The minimum Gasteiger partial charge on any atom is -0.317 e. The Morgan fingerprint density at radius 3 is 2.65 bits per heavy atom. The largest absolute Gasteiger partial charge is 0.317 e. The fourth-order valence-corrected chi connectivity index (χ4v) is 4.11. The maximum Gasteiger partial charge on any atom is 0.178 e. The highest BCUT2D eigenvalue weighted by Crippen LogP contribution is 2.21. The molecule has 1 saturated heterocycles. The van der Waals surface area contributed by atoms with Gasteiger partial charge in [0.2, 0.25) is 0 Å². The molecule has 3 nitrogen and oxygen atoms in total. The summed E-state index contributed by atoms with van der Waals surface area (Å²) >= 11 is 5.82. The van der Waals surface area contributed by atoms with Crippen LogP contribution in [0.5, 0.6) is 0 Å². The molecule has 1 aromatic carbocycles. The van der Waals surface area contributed by atoms with Crippen LogP contribution in [0.2, 0.25) is 5.02 Å². The normalized spacial score (nSPS) is 18.2. The van der Waals surface area contributed by atoms with Crippen molar-refractivity contribution in [3.05, 3.63) is 29.3 Å². The molecule has 0 atom stereocenters. The van der Waals surface area contributed by atoms with Gasteiger partial charge in [-0.15, -0.1) is 0 Å². The molecular weight excluding hydrogens is 258 g/mol. The van der Waals surface area contributed by atoms with Crippen LogP contribution in [0.15, 0.2) is 29.2 Å². The molecule has 17 heavy (non-hydrogen) atoms. The van der Waals surface area contributed by atoms with Crippen molar-refractivity contribution in [1.29, 1.82) is 0 Å². The van der Waals surface area contributed by atoms with Crippen molar-refractivity contribution in [2.75, 3.05) is 18.8 Å². The number of sulfone groups is 1. The summed E-state index contributed by atoms with van der Waals surface area (Å²) in [5.74, 6) is 0.495. The minimum atomic E-state index is -3.19. The lowest BCUT2D eigenvalue weighted by Crippen LogP contribution is -2.31. The molecule has 1 aliphatic rings. The lowest BCUT2D eigenvalue weighted by molar-refractivity contribution is 0.401. The van der Waals surface area contributed by atoms with Crippen molar-refractivity contribution in [2.24, 2.45) is 5.92 Å². The molecule has 1 aromatic rings. The zero-order chi connectivity index (χ0) is 12.3. The third-order valence-electron chi connectivity index (χ3n) is 3.07. The highest BCUT2D eigenvalue weighted by Gasteiger charge is 2.22. The SMILES string of the molecule is O=S(=O)(CC1CCNCC1)c1cccc(Cl)c1. The predicted octanol–water partition coefficient (Wildman–Crippen LogP) is 2.11. The van der Waals surface area contributed by atoms with Crippen molar-refractivity contribution in [3.8, 4) is 0 Å². The summed E-state index contributed by atoms with van der Waals surface area (Å²) in [5.41, 5.74) is 0. The van der Waals surface area contributed by atoms with Crippen LogP contribution < -0.4 is 5.32 Å². The molecular formula is C12H16ClNO2S. The molecule has 1 aliphatic heterocycles. The van der Waals surface area contributed by atoms with Gasteiger partial charge in [0.05, 0.1) is 10.6 Å². The Labute approximate surface area is 107 Å². The first kappa shape index (κ1) is 12.9. The Kier molecular flexibility index (Phi) is 4.07. The van der Waals surface area contributed by atoms with E-state index in [9.17, 15) is 8.42 Å². The lowest BCUT2D eigenvalue weighted by Gasteiger charge is -2.22. The first-order valence-corrected chi connectivity index (χ1v) is 7.80. The maximum atomic E-state index is 12.2. The van der Waals surface area contributed by atoms with Gasteiger partial charge in [0.1, 0.15) is 0 Å². The number of hydrogen-bond acceptors (Lipinski definition) is 3. The second-order valence-corrected chi connectivity index (χ2v) is 6.90. The Hall–Kier alpha value is -0.580. The van der Waals surface area contributed by atoms with Crippen molar-refractivity contribution in [1.82, 2.24) is 5.32 Å². The average Bonchev–Trinajstić information content (AvgIpc) is 2.30. The van der Waals surface area contributed by atoms with Crippen molar-refractivity contribution < 1.29 is 8.42 Å². The molecule has 0 saturated carbocycles. The molecule has 0 spiro atoms. The van der Waals surface area contributed by atoms with Crippen molar-refractivity contribution in [3.63, 3.8) is 0 Å². The second kappa shape index (κ2) is 5.38. The highest BCUT2D eigenvalue weighted by molar-refractivity contribution is 7.91. The van der Waals surface area contributed by atoms with Crippen molar-refractivity contribution in [2.45, 2.75) is 17.7 Å². The molecule has 0 aromatic heterocycles. The lowest BCUT2D eigenvalue weighted by atomic mass is 10.0. The highest BCUT2D eigenvalue weighted by atomic mass is 35.5. The first-order chi connectivity index (χ1) is 8.08. The van der Waals surface area contributed by atoms with Gasteiger partial charge in [-0.1, -0.05) is 17.7 Å². The summed E-state index contributed by atoms with van der Waals surface area (Å²) in [5, 5.41) is 3.70. The summed E-state index contributed by atoms with van der Waals surface area (Å²) in [7, 11) is -3.19. The first-order valence-electron chi connectivity index (χ1n) is 5.77. The zero-order valence-electron chi connectivity index (χ0n) is 9.52. The second-order valence-electron chi connectivity index (χ2n) is 4.43. The summed E-state index contributed by atoms with van der Waals surface area (Å²) in [6.07, 6.45) is 1.86. The Balaban J connectivity index is 2.13. The summed E-state index contributed by atoms with van der Waals surface area (Å²) < 4.78 is 24.3. The third-order valence-corrected chi connectivity index (χ3v) is 5.19. The molecule has 0 aliphatic carbocycles. The Morgan fingerprint density at radius 1 is 1.29 bits per heavy atom. The zero-order valence-corrected chi connectivity index (χ0v) is 11.1. The van der Waals surface area contributed by atoms with E-state index in [0.29, 0.717) is 9.92 Å². The van der Waals surface area contributed by atoms with Gasteiger partial charge >= 0.3 is 0 Å². The molecule has 0 radical (unpaired) electrons. The van der Waals surface area contributed by atoms with E-state index in [2.05, 4.69) is 5.32 Å². The van der Waals surface area contributed by atoms with Gasteiger partial charge in [-0.25, -0.2) is 8.42 Å². The smallest absolute Gasteiger partial charge is 0.178 e. The van der Waals surface area contributed by atoms with Gasteiger partial charge in [0.25, 0.3) is 0 Å². The fourth-order valence-electron chi connectivity index (χ4n) is 2.12. The Bertz CT molecular complexity index is 481. The molecule has 1 N–H and O–H groups in total. The fraction of sp³-hybridized carbons (Fsp3) is 0.500. The van der Waals surface area contributed by atoms with Gasteiger partial charge < -0.3 is 5.32 Å². The number of piperidine rings is 1. The van der Waals surface area contributed by atoms with Gasteiger partial charge in [0, 0.05) is 5.02 Å². The number of hydrogen-bond donors (Lipinski definition) is 1. The molecule has 0 unspecified atom stereocenters. The van der Waals surface area contributed by atoms with Crippen LogP contribution in [-0.4, -0.2) is 27.3 Å². The van der Waals surface area contributed by atoms with Crippen molar-refractivity contribution >= 4 is 21.4 Å². The molecule has 1 heterocycles. The quantitative estimate of drug-likeness (QED) is 0.918. The predicted molar refractivity (Wildman–Crippen MR) is 69.1 cm³/mol. The number of nitrogens with one attached hydrogen (secondary N) is 1. The average molecular weight is 274 g/mol. The summed E-state index contributed by atoms with van der Waals surface area (Å²) in [6, 6.07) is 6.50. The molecule has 1 fully saturated rings. The summed E-state index contributed by atoms with van der Waals surface area (Å²) in [4.78, 5) is 0.337. The van der Waals surface area contributed by atoms with Gasteiger partial charge in [-0.3, -0.25) is 0 Å². The van der Waals surface area contributed by atoms with E-state index >= 15 is 0 Å². The number of halogens is 1. The van der Waals surface area contributed by atoms with E-state index in [1.807, 2.05) is 0 Å². The molecule has 2 rings (SSSR count). The van der Waals surface area contributed by atoms with Crippen LogP contribution in [-0.2, 0) is 9.84 Å². The van der Waals surface area contributed by atoms with Crippen LogP contribution in [0, 0.1) is 5.92 Å². The van der Waals surface area contributed by atoms with Crippen LogP contribution in [0.3, 0.4) is 0 Å². The van der Waals surface area contributed by atoms with E-state index in [1.54, 1.807) is 18.2 Å². The van der Waals surface area contributed by atoms with E-state index in [-0.39, 0.29) is 11.7 Å². The third kappa shape index (κ3) is 3.44.